The van der Waals surface area contributed by atoms with Crippen molar-refractivity contribution in [2.75, 3.05) is 0 Å². The van der Waals surface area contributed by atoms with Crippen molar-refractivity contribution in [2.45, 2.75) is 84.5 Å². The minimum Gasteiger partial charge on any atom is -0.0883 e. The van der Waals surface area contributed by atoms with Crippen molar-refractivity contribution in [2.24, 2.45) is 0 Å². The van der Waals surface area contributed by atoms with E-state index in [1.807, 2.05) is 0 Å². The van der Waals surface area contributed by atoms with Gasteiger partial charge in [0.2, 0.25) is 0 Å². The third-order valence-corrected chi connectivity index (χ3v) is 6.22. The maximum absolute atomic E-state index is 2.54. The van der Waals surface area contributed by atoms with E-state index in [0.717, 1.165) is 0 Å². The molecule has 0 spiro atoms. The van der Waals surface area contributed by atoms with E-state index in [4.69, 9.17) is 0 Å². The van der Waals surface area contributed by atoms with E-state index in [2.05, 4.69) is 65.3 Å². The first-order valence-corrected chi connectivity index (χ1v) is 15.3. The van der Waals surface area contributed by atoms with E-state index < -0.39 is 16.1 Å². The van der Waals surface area contributed by atoms with Crippen molar-refractivity contribution in [3.8, 4) is 0 Å². The summed E-state index contributed by atoms with van der Waals surface area (Å²) < 4.78 is 0. The fourth-order valence-corrected chi connectivity index (χ4v) is 3.68. The molecular weight excluding hydrogens is 260 g/mol. The van der Waals surface area contributed by atoms with E-state index in [-0.39, 0.29) is 0 Å². The summed E-state index contributed by atoms with van der Waals surface area (Å²) in [6.07, 6.45) is 8.80. The van der Waals surface area contributed by atoms with Gasteiger partial charge in [0.25, 0.3) is 0 Å². The Hall–Kier alpha value is -0.0862. The quantitative estimate of drug-likeness (QED) is 0.344. The Balaban J connectivity index is 4.28. The topological polar surface area (TPSA) is 0 Å². The average Bonchev–Trinajstić information content (AvgIpc) is 2.24. The van der Waals surface area contributed by atoms with Gasteiger partial charge in [-0.1, -0.05) is 69.5 Å². The molecule has 0 heterocycles. The smallest absolute Gasteiger partial charge is 0.0480 e. The van der Waals surface area contributed by atoms with Gasteiger partial charge in [0.1, 0.15) is 0 Å². The fourth-order valence-electron chi connectivity index (χ4n) is 1.81. The number of allylic oxidation sites excluding steroid dienone is 4. The Kier molecular flexibility index (Phi) is 8.22. The van der Waals surface area contributed by atoms with Crippen LogP contribution in [-0.2, 0) is 0 Å². The second kappa shape index (κ2) is 8.26. The molecule has 0 aliphatic rings. The highest BCUT2D eigenvalue weighted by Gasteiger charge is 2.11. The molecule has 0 unspecified atom stereocenters. The predicted octanol–water partition coefficient (Wildman–Crippen LogP) is 6.73. The van der Waals surface area contributed by atoms with Gasteiger partial charge in [0.05, 0.1) is 0 Å². The lowest BCUT2D eigenvalue weighted by Crippen LogP contribution is -2.17. The summed E-state index contributed by atoms with van der Waals surface area (Å²) in [5, 5.41) is 0. The summed E-state index contributed by atoms with van der Waals surface area (Å²) in [4.78, 5) is 0. The summed E-state index contributed by atoms with van der Waals surface area (Å²) in [6.45, 7) is 19.3. The van der Waals surface area contributed by atoms with Crippen LogP contribution in [0.3, 0.4) is 0 Å². The highest BCUT2D eigenvalue weighted by molar-refractivity contribution is 6.76. The molecule has 0 fully saturated rings. The highest BCUT2D eigenvalue weighted by Crippen LogP contribution is 2.20. The molecule has 0 amide bonds. The first kappa shape index (κ1) is 18.9. The van der Waals surface area contributed by atoms with Crippen LogP contribution in [0.15, 0.2) is 23.3 Å². The SMILES string of the molecule is CCC(=CC[Si](C)(C)C)CCC(C)=CC[Si](C)(C)C. The summed E-state index contributed by atoms with van der Waals surface area (Å²) in [7, 11) is -1.83. The molecule has 0 nitrogen and oxygen atoms in total. The Morgan fingerprint density at radius 1 is 0.789 bits per heavy atom. The minimum absolute atomic E-state index is 0.910. The Labute approximate surface area is 124 Å². The molecule has 112 valence electrons. The van der Waals surface area contributed by atoms with Gasteiger partial charge in [-0.3, -0.25) is 0 Å². The van der Waals surface area contributed by atoms with Gasteiger partial charge in [-0.25, -0.2) is 0 Å². The van der Waals surface area contributed by atoms with Crippen LogP contribution in [0.1, 0.15) is 33.1 Å². The molecule has 0 aromatic carbocycles. The zero-order chi connectivity index (χ0) is 15.1. The molecule has 0 radical (unpaired) electrons. The van der Waals surface area contributed by atoms with Crippen molar-refractivity contribution in [3.05, 3.63) is 23.3 Å². The summed E-state index contributed by atoms with van der Waals surface area (Å²) in [6, 6.07) is 2.67. The third kappa shape index (κ3) is 12.7. The van der Waals surface area contributed by atoms with E-state index in [9.17, 15) is 0 Å². The second-order valence-corrected chi connectivity index (χ2v) is 19.4. The normalized spacial score (nSPS) is 14.9. The van der Waals surface area contributed by atoms with Crippen LogP contribution in [0.5, 0.6) is 0 Å². The molecule has 0 aromatic rings. The molecule has 19 heavy (non-hydrogen) atoms. The standard InChI is InChI=1S/C17H36Si2/c1-9-17(13-15-19(6,7)8)11-10-16(2)12-14-18(3,4)5/h12-13H,9-11,14-15H2,1-8H3. The van der Waals surface area contributed by atoms with Crippen molar-refractivity contribution in [1.29, 1.82) is 0 Å². The number of hydrogen-bond donors (Lipinski definition) is 0. The Bertz CT molecular complexity index is 311. The lowest BCUT2D eigenvalue weighted by Gasteiger charge is -2.15. The maximum atomic E-state index is 2.54. The van der Waals surface area contributed by atoms with E-state index in [1.165, 1.54) is 31.4 Å². The average molecular weight is 297 g/mol. The van der Waals surface area contributed by atoms with Crippen LogP contribution in [0.25, 0.3) is 0 Å². The summed E-state index contributed by atoms with van der Waals surface area (Å²) in [5.74, 6) is 0. The molecule has 0 saturated heterocycles. The molecule has 0 N–H and O–H groups in total. The first-order chi connectivity index (χ1) is 8.53. The van der Waals surface area contributed by atoms with Gasteiger partial charge in [-0.15, -0.1) is 0 Å². The summed E-state index contributed by atoms with van der Waals surface area (Å²) >= 11 is 0. The van der Waals surface area contributed by atoms with Crippen LogP contribution in [-0.4, -0.2) is 16.1 Å². The van der Waals surface area contributed by atoms with E-state index in [0.29, 0.717) is 0 Å². The van der Waals surface area contributed by atoms with Crippen LogP contribution in [0, 0.1) is 0 Å². The molecule has 0 atom stereocenters. The molecule has 0 bridgehead atoms. The van der Waals surface area contributed by atoms with Crippen LogP contribution >= 0.6 is 0 Å². The zero-order valence-electron chi connectivity index (χ0n) is 14.7. The van der Waals surface area contributed by atoms with Crippen LogP contribution in [0.2, 0.25) is 51.4 Å². The number of rotatable bonds is 8. The molecule has 0 rings (SSSR count). The van der Waals surface area contributed by atoms with Crippen LogP contribution < -0.4 is 0 Å². The molecule has 0 aromatic heterocycles. The Morgan fingerprint density at radius 3 is 1.68 bits per heavy atom. The predicted molar refractivity (Wildman–Crippen MR) is 97.7 cm³/mol. The minimum atomic E-state index is -0.918. The Morgan fingerprint density at radius 2 is 1.26 bits per heavy atom. The van der Waals surface area contributed by atoms with Crippen molar-refractivity contribution in [3.63, 3.8) is 0 Å². The van der Waals surface area contributed by atoms with Crippen LogP contribution in [0.4, 0.5) is 0 Å². The van der Waals surface area contributed by atoms with Gasteiger partial charge in [0.15, 0.2) is 0 Å². The van der Waals surface area contributed by atoms with Crippen molar-refractivity contribution >= 4 is 16.1 Å². The summed E-state index contributed by atoms with van der Waals surface area (Å²) in [5.41, 5.74) is 3.26. The first-order valence-electron chi connectivity index (χ1n) is 7.87. The van der Waals surface area contributed by atoms with E-state index in [1.54, 1.807) is 11.1 Å². The van der Waals surface area contributed by atoms with Gasteiger partial charge < -0.3 is 0 Å². The monoisotopic (exact) mass is 296 g/mol. The number of hydrogen-bond acceptors (Lipinski definition) is 0. The largest absolute Gasteiger partial charge is 0.0883 e. The molecular formula is C17H36Si2. The van der Waals surface area contributed by atoms with Gasteiger partial charge in [-0.05, 0) is 38.3 Å². The maximum Gasteiger partial charge on any atom is 0.0480 e. The third-order valence-electron chi connectivity index (χ3n) is 3.36. The van der Waals surface area contributed by atoms with Gasteiger partial charge >= 0.3 is 0 Å². The molecule has 0 aliphatic heterocycles. The lowest BCUT2D eigenvalue weighted by molar-refractivity contribution is 0.868. The molecule has 0 aliphatic carbocycles. The fraction of sp³-hybridized carbons (Fsp3) is 0.765. The lowest BCUT2D eigenvalue weighted by atomic mass is 10.0. The second-order valence-electron chi connectivity index (χ2n) is 8.30. The van der Waals surface area contributed by atoms with E-state index >= 15 is 0 Å². The van der Waals surface area contributed by atoms with Gasteiger partial charge in [0, 0.05) is 16.1 Å². The molecule has 0 saturated carbocycles. The molecule has 2 heteroatoms. The van der Waals surface area contributed by atoms with Crippen molar-refractivity contribution in [1.82, 2.24) is 0 Å². The van der Waals surface area contributed by atoms with Crippen molar-refractivity contribution < 1.29 is 0 Å². The zero-order valence-corrected chi connectivity index (χ0v) is 16.7. The van der Waals surface area contributed by atoms with Gasteiger partial charge in [-0.2, -0.15) is 0 Å². The highest BCUT2D eigenvalue weighted by atomic mass is 28.3.